The molecule has 0 aromatic heterocycles. The fraction of sp³-hybridized carbons (Fsp3) is 0.350. The molecule has 2 aromatic carbocycles. The number of benzene rings is 2. The number of amides is 1. The highest BCUT2D eigenvalue weighted by molar-refractivity contribution is 9.10. The van der Waals surface area contributed by atoms with E-state index >= 15 is 0 Å². The summed E-state index contributed by atoms with van der Waals surface area (Å²) in [4.78, 5) is 14.5. The first-order chi connectivity index (χ1) is 12.6. The molecule has 1 amide bonds. The minimum atomic E-state index is -0.358. The largest absolute Gasteiger partial charge is 0.483 e. The third kappa shape index (κ3) is 5.29. The van der Waals surface area contributed by atoms with Gasteiger partial charge >= 0.3 is 0 Å². The van der Waals surface area contributed by atoms with Crippen molar-refractivity contribution in [1.82, 2.24) is 10.2 Å². The molecule has 3 rings (SSSR count). The van der Waals surface area contributed by atoms with Gasteiger partial charge in [-0.05, 0) is 71.2 Å². The van der Waals surface area contributed by atoms with E-state index in [2.05, 4.69) is 32.2 Å². The standard InChI is InChI=1S/C20H22BrFN2O2/c21-18-11-17(22)7-8-19(18)26-14-20(25)23-12-15-5-1-2-6-16(15)13-24-9-3-4-10-24/h1-2,5-8,11H,3-4,9-10,12-14H2,(H,23,25). The molecule has 1 saturated heterocycles. The van der Waals surface area contributed by atoms with E-state index in [0.29, 0.717) is 16.8 Å². The lowest BCUT2D eigenvalue weighted by Gasteiger charge is -2.17. The second-order valence-corrected chi connectivity index (χ2v) is 7.25. The maximum absolute atomic E-state index is 13.1. The lowest BCUT2D eigenvalue weighted by atomic mass is 10.1. The average Bonchev–Trinajstić information content (AvgIpc) is 3.13. The molecule has 0 aliphatic carbocycles. The van der Waals surface area contributed by atoms with Gasteiger partial charge < -0.3 is 10.1 Å². The fourth-order valence-electron chi connectivity index (χ4n) is 3.05. The molecule has 4 nitrogen and oxygen atoms in total. The molecule has 1 heterocycles. The highest BCUT2D eigenvalue weighted by atomic mass is 79.9. The van der Waals surface area contributed by atoms with Crippen LogP contribution in [0.4, 0.5) is 4.39 Å². The zero-order chi connectivity index (χ0) is 18.4. The quantitative estimate of drug-likeness (QED) is 0.738. The monoisotopic (exact) mass is 420 g/mol. The van der Waals surface area contributed by atoms with Crippen LogP contribution in [0, 0.1) is 5.82 Å². The Labute approximate surface area is 161 Å². The summed E-state index contributed by atoms with van der Waals surface area (Å²) in [7, 11) is 0. The smallest absolute Gasteiger partial charge is 0.258 e. The minimum absolute atomic E-state index is 0.113. The van der Waals surface area contributed by atoms with Gasteiger partial charge in [0, 0.05) is 13.1 Å². The van der Waals surface area contributed by atoms with Crippen molar-refractivity contribution in [3.05, 3.63) is 63.9 Å². The Morgan fingerprint density at radius 2 is 1.88 bits per heavy atom. The number of ether oxygens (including phenoxy) is 1. The number of nitrogens with one attached hydrogen (secondary N) is 1. The molecule has 1 N–H and O–H groups in total. The molecule has 0 spiro atoms. The van der Waals surface area contributed by atoms with Gasteiger partial charge in [-0.3, -0.25) is 9.69 Å². The molecule has 6 heteroatoms. The Bertz CT molecular complexity index is 763. The molecule has 0 bridgehead atoms. The van der Waals surface area contributed by atoms with Crippen LogP contribution in [0.25, 0.3) is 0 Å². The van der Waals surface area contributed by atoms with Crippen molar-refractivity contribution in [2.24, 2.45) is 0 Å². The predicted molar refractivity (Wildman–Crippen MR) is 102 cm³/mol. The molecule has 0 saturated carbocycles. The third-order valence-electron chi connectivity index (χ3n) is 4.44. The number of likely N-dealkylation sites (tertiary alicyclic amines) is 1. The molecular weight excluding hydrogens is 399 g/mol. The molecular formula is C20H22BrFN2O2. The fourth-order valence-corrected chi connectivity index (χ4v) is 3.51. The van der Waals surface area contributed by atoms with E-state index in [1.54, 1.807) is 0 Å². The van der Waals surface area contributed by atoms with Crippen LogP contribution in [-0.2, 0) is 17.9 Å². The van der Waals surface area contributed by atoms with Crippen molar-refractivity contribution in [3.63, 3.8) is 0 Å². The molecule has 0 unspecified atom stereocenters. The summed E-state index contributed by atoms with van der Waals surface area (Å²) < 4.78 is 19.0. The molecule has 1 aliphatic heterocycles. The van der Waals surface area contributed by atoms with Gasteiger partial charge in [0.2, 0.25) is 0 Å². The lowest BCUT2D eigenvalue weighted by Crippen LogP contribution is -2.29. The number of rotatable bonds is 7. The molecule has 0 radical (unpaired) electrons. The van der Waals surface area contributed by atoms with Gasteiger partial charge in [-0.2, -0.15) is 0 Å². The van der Waals surface area contributed by atoms with Crippen LogP contribution < -0.4 is 10.1 Å². The minimum Gasteiger partial charge on any atom is -0.483 e. The van der Waals surface area contributed by atoms with Crippen LogP contribution >= 0.6 is 15.9 Å². The molecule has 138 valence electrons. The summed E-state index contributed by atoms with van der Waals surface area (Å²) >= 11 is 3.22. The maximum Gasteiger partial charge on any atom is 0.258 e. The van der Waals surface area contributed by atoms with E-state index in [-0.39, 0.29) is 18.3 Å². The van der Waals surface area contributed by atoms with Gasteiger partial charge in [0.05, 0.1) is 4.47 Å². The summed E-state index contributed by atoms with van der Waals surface area (Å²) in [5.41, 5.74) is 2.37. The van der Waals surface area contributed by atoms with E-state index < -0.39 is 0 Å². The van der Waals surface area contributed by atoms with Crippen molar-refractivity contribution in [2.45, 2.75) is 25.9 Å². The van der Waals surface area contributed by atoms with Crippen LogP contribution in [0.15, 0.2) is 46.9 Å². The van der Waals surface area contributed by atoms with E-state index in [4.69, 9.17) is 4.74 Å². The highest BCUT2D eigenvalue weighted by Gasteiger charge is 2.14. The maximum atomic E-state index is 13.1. The van der Waals surface area contributed by atoms with E-state index in [0.717, 1.165) is 25.2 Å². The van der Waals surface area contributed by atoms with Crippen molar-refractivity contribution in [1.29, 1.82) is 0 Å². The van der Waals surface area contributed by atoms with Gasteiger partial charge in [-0.15, -0.1) is 0 Å². The second kappa shape index (κ2) is 9.14. The van der Waals surface area contributed by atoms with E-state index in [9.17, 15) is 9.18 Å². The number of carbonyl (C=O) groups is 1. The Balaban J connectivity index is 1.51. The Kier molecular flexibility index (Phi) is 6.63. The van der Waals surface area contributed by atoms with E-state index in [1.807, 2.05) is 18.2 Å². The number of carbonyl (C=O) groups excluding carboxylic acids is 1. The summed E-state index contributed by atoms with van der Waals surface area (Å²) in [5, 5.41) is 2.89. The van der Waals surface area contributed by atoms with Crippen LogP contribution in [0.3, 0.4) is 0 Å². The average molecular weight is 421 g/mol. The summed E-state index contributed by atoms with van der Waals surface area (Å²) in [6.45, 7) is 3.56. The van der Waals surface area contributed by atoms with Crippen LogP contribution in [0.1, 0.15) is 24.0 Å². The number of nitrogens with zero attached hydrogens (tertiary/aromatic N) is 1. The summed E-state index contributed by atoms with van der Waals surface area (Å²) in [6.07, 6.45) is 2.52. The number of hydrogen-bond donors (Lipinski definition) is 1. The van der Waals surface area contributed by atoms with E-state index in [1.165, 1.54) is 36.6 Å². The predicted octanol–water partition coefficient (Wildman–Crippen LogP) is 3.88. The van der Waals surface area contributed by atoms with Gasteiger partial charge in [0.15, 0.2) is 6.61 Å². The highest BCUT2D eigenvalue weighted by Crippen LogP contribution is 2.25. The molecule has 26 heavy (non-hydrogen) atoms. The van der Waals surface area contributed by atoms with Crippen molar-refractivity contribution in [2.75, 3.05) is 19.7 Å². The zero-order valence-electron chi connectivity index (χ0n) is 14.5. The molecule has 0 atom stereocenters. The van der Waals surface area contributed by atoms with Gasteiger partial charge in [-0.25, -0.2) is 4.39 Å². The van der Waals surface area contributed by atoms with Crippen LogP contribution in [0.5, 0.6) is 5.75 Å². The number of hydrogen-bond acceptors (Lipinski definition) is 3. The summed E-state index contributed by atoms with van der Waals surface area (Å²) in [6, 6.07) is 12.3. The third-order valence-corrected chi connectivity index (χ3v) is 5.06. The molecule has 1 aliphatic rings. The Hall–Kier alpha value is -1.92. The SMILES string of the molecule is O=C(COc1ccc(F)cc1Br)NCc1ccccc1CN1CCCC1. The topological polar surface area (TPSA) is 41.6 Å². The first kappa shape index (κ1) is 18.9. The number of halogens is 2. The van der Waals surface area contributed by atoms with Gasteiger partial charge in [0.25, 0.3) is 5.91 Å². The zero-order valence-corrected chi connectivity index (χ0v) is 16.1. The molecule has 2 aromatic rings. The first-order valence-electron chi connectivity index (χ1n) is 8.75. The van der Waals surface area contributed by atoms with Gasteiger partial charge in [0.1, 0.15) is 11.6 Å². The summed E-state index contributed by atoms with van der Waals surface area (Å²) in [5.74, 6) is -0.128. The van der Waals surface area contributed by atoms with Crippen molar-refractivity contribution < 1.29 is 13.9 Å². The normalized spacial score (nSPS) is 14.4. The van der Waals surface area contributed by atoms with Crippen molar-refractivity contribution >= 4 is 21.8 Å². The van der Waals surface area contributed by atoms with Crippen molar-refractivity contribution in [3.8, 4) is 5.75 Å². The van der Waals surface area contributed by atoms with Gasteiger partial charge in [-0.1, -0.05) is 24.3 Å². The molecule has 1 fully saturated rings. The first-order valence-corrected chi connectivity index (χ1v) is 9.55. The Morgan fingerprint density at radius 1 is 1.15 bits per heavy atom. The Morgan fingerprint density at radius 3 is 2.62 bits per heavy atom. The lowest BCUT2D eigenvalue weighted by molar-refractivity contribution is -0.123. The van der Waals surface area contributed by atoms with Crippen LogP contribution in [-0.4, -0.2) is 30.5 Å². The second-order valence-electron chi connectivity index (χ2n) is 6.39. The van der Waals surface area contributed by atoms with Crippen LogP contribution in [0.2, 0.25) is 0 Å².